The number of benzene rings is 2. The lowest BCUT2D eigenvalue weighted by molar-refractivity contribution is -0.00936. The fraction of sp³-hybridized carbons (Fsp3) is 0.464. The fourth-order valence-corrected chi connectivity index (χ4v) is 5.10. The number of hydrogen-bond acceptors (Lipinski definition) is 5. The van der Waals surface area contributed by atoms with Crippen LogP contribution in [0.4, 0.5) is 9.18 Å². The Balaban J connectivity index is 1.58. The smallest absolute Gasteiger partial charge is 0.410 e. The van der Waals surface area contributed by atoms with Gasteiger partial charge in [-0.3, -0.25) is 4.68 Å². The van der Waals surface area contributed by atoms with Crippen molar-refractivity contribution in [3.05, 3.63) is 64.6 Å². The second-order valence-electron chi connectivity index (χ2n) is 10.6. The summed E-state index contributed by atoms with van der Waals surface area (Å²) in [5, 5.41) is 15.0. The molecule has 37 heavy (non-hydrogen) atoms. The van der Waals surface area contributed by atoms with Crippen LogP contribution >= 0.6 is 11.6 Å². The van der Waals surface area contributed by atoms with Gasteiger partial charge in [0, 0.05) is 34.5 Å². The summed E-state index contributed by atoms with van der Waals surface area (Å²) in [7, 11) is 0. The molecule has 1 saturated heterocycles. The molecule has 7 nitrogen and oxygen atoms in total. The molecule has 3 aromatic rings. The summed E-state index contributed by atoms with van der Waals surface area (Å²) in [5.41, 5.74) is 1.65. The minimum Gasteiger partial charge on any atom is -0.444 e. The SMILES string of the molecule is C[C@@H](OCC1(c2ccc(F)cc2)CCN(C(=O)OC(C)(C)C)CC1)c1cc(Cl)cc2cnn(CC#N)c12. The van der Waals surface area contributed by atoms with Crippen LogP contribution in [0.25, 0.3) is 10.9 Å². The van der Waals surface area contributed by atoms with Crippen molar-refractivity contribution in [3.63, 3.8) is 0 Å². The number of hydrogen-bond donors (Lipinski definition) is 0. The second kappa shape index (κ2) is 10.7. The van der Waals surface area contributed by atoms with Crippen LogP contribution in [-0.4, -0.2) is 46.1 Å². The van der Waals surface area contributed by atoms with Crippen LogP contribution in [0.5, 0.6) is 0 Å². The minimum atomic E-state index is -0.568. The normalized spacial score (nSPS) is 16.4. The molecule has 0 saturated carbocycles. The van der Waals surface area contributed by atoms with E-state index < -0.39 is 11.0 Å². The van der Waals surface area contributed by atoms with E-state index in [0.29, 0.717) is 37.6 Å². The van der Waals surface area contributed by atoms with Crippen molar-refractivity contribution < 1.29 is 18.7 Å². The molecule has 0 unspecified atom stereocenters. The lowest BCUT2D eigenvalue weighted by atomic mass is 9.73. The maximum atomic E-state index is 13.8. The molecule has 2 aromatic carbocycles. The van der Waals surface area contributed by atoms with Gasteiger partial charge >= 0.3 is 6.09 Å². The summed E-state index contributed by atoms with van der Waals surface area (Å²) < 4.78 is 27.4. The summed E-state index contributed by atoms with van der Waals surface area (Å²) in [6.45, 7) is 8.98. The number of rotatable bonds is 6. The molecule has 0 radical (unpaired) electrons. The largest absolute Gasteiger partial charge is 0.444 e. The summed E-state index contributed by atoms with van der Waals surface area (Å²) in [5.74, 6) is -0.300. The molecule has 0 aliphatic carbocycles. The van der Waals surface area contributed by atoms with Crippen LogP contribution in [-0.2, 0) is 21.4 Å². The maximum absolute atomic E-state index is 13.8. The zero-order chi connectivity index (χ0) is 26.8. The van der Waals surface area contributed by atoms with Gasteiger partial charge in [0.1, 0.15) is 18.0 Å². The van der Waals surface area contributed by atoms with Crippen LogP contribution in [0, 0.1) is 17.1 Å². The topological polar surface area (TPSA) is 80.4 Å². The van der Waals surface area contributed by atoms with E-state index in [9.17, 15) is 14.4 Å². The molecular weight excluding hydrogens is 495 g/mol. The average molecular weight is 527 g/mol. The molecular formula is C28H32ClFN4O3. The molecule has 0 bridgehead atoms. The standard InChI is InChI=1S/C28H32ClFN4O3/c1-19(24-16-22(29)15-20-17-32-34(14-11-31)25(20)24)36-18-28(21-5-7-23(30)8-6-21)9-12-33(13-10-28)26(35)37-27(2,3)4/h5-8,15-17,19H,9-10,12-14,18H2,1-4H3/t19-/m1/s1. The summed E-state index contributed by atoms with van der Waals surface area (Å²) in [4.78, 5) is 14.4. The highest BCUT2D eigenvalue weighted by Crippen LogP contribution is 2.39. The van der Waals surface area contributed by atoms with Crippen molar-refractivity contribution in [1.82, 2.24) is 14.7 Å². The number of nitriles is 1. The predicted octanol–water partition coefficient (Wildman–Crippen LogP) is 6.40. The van der Waals surface area contributed by atoms with Gasteiger partial charge in [0.2, 0.25) is 0 Å². The van der Waals surface area contributed by atoms with E-state index in [1.54, 1.807) is 27.9 Å². The zero-order valence-corrected chi connectivity index (χ0v) is 22.4. The minimum absolute atomic E-state index is 0.116. The van der Waals surface area contributed by atoms with Gasteiger partial charge in [0.25, 0.3) is 0 Å². The molecule has 1 amide bonds. The first-order chi connectivity index (χ1) is 17.5. The first-order valence-corrected chi connectivity index (χ1v) is 12.8. The van der Waals surface area contributed by atoms with Gasteiger partial charge in [-0.05, 0) is 70.4 Å². The molecule has 2 heterocycles. The molecule has 1 aliphatic heterocycles. The van der Waals surface area contributed by atoms with Crippen LogP contribution in [0.15, 0.2) is 42.6 Å². The van der Waals surface area contributed by atoms with Gasteiger partial charge in [0.05, 0.1) is 30.5 Å². The van der Waals surface area contributed by atoms with Gasteiger partial charge in [-0.1, -0.05) is 23.7 Å². The third kappa shape index (κ3) is 6.06. The van der Waals surface area contributed by atoms with Crippen molar-refractivity contribution in [3.8, 4) is 6.07 Å². The number of carbonyl (C=O) groups excluding carboxylic acids is 1. The Labute approximate surface area is 221 Å². The lowest BCUT2D eigenvalue weighted by Gasteiger charge is -2.42. The van der Waals surface area contributed by atoms with Crippen molar-refractivity contribution in [2.45, 2.75) is 64.2 Å². The summed E-state index contributed by atoms with van der Waals surface area (Å²) >= 11 is 6.39. The number of halogens is 2. The Morgan fingerprint density at radius 3 is 2.54 bits per heavy atom. The Morgan fingerprint density at radius 2 is 1.92 bits per heavy atom. The van der Waals surface area contributed by atoms with Crippen LogP contribution in [0.1, 0.15) is 57.8 Å². The molecule has 9 heteroatoms. The van der Waals surface area contributed by atoms with Gasteiger partial charge in [-0.25, -0.2) is 9.18 Å². The predicted molar refractivity (Wildman–Crippen MR) is 140 cm³/mol. The third-order valence-corrected chi connectivity index (χ3v) is 7.04. The van der Waals surface area contributed by atoms with Crippen LogP contribution in [0.3, 0.4) is 0 Å². The molecule has 0 N–H and O–H groups in total. The molecule has 1 aliphatic rings. The van der Waals surface area contributed by atoms with Crippen molar-refractivity contribution in [1.29, 1.82) is 5.26 Å². The highest BCUT2D eigenvalue weighted by atomic mass is 35.5. The van der Waals surface area contributed by atoms with E-state index in [-0.39, 0.29) is 24.6 Å². The first kappa shape index (κ1) is 26.9. The van der Waals surface area contributed by atoms with Gasteiger partial charge < -0.3 is 14.4 Å². The Morgan fingerprint density at radius 1 is 1.24 bits per heavy atom. The fourth-order valence-electron chi connectivity index (χ4n) is 4.86. The first-order valence-electron chi connectivity index (χ1n) is 12.4. The number of likely N-dealkylation sites (tertiary alicyclic amines) is 1. The molecule has 4 rings (SSSR count). The third-order valence-electron chi connectivity index (χ3n) is 6.82. The van der Waals surface area contributed by atoms with Gasteiger partial charge in [0.15, 0.2) is 0 Å². The lowest BCUT2D eigenvalue weighted by Crippen LogP contribution is -2.48. The monoisotopic (exact) mass is 526 g/mol. The highest BCUT2D eigenvalue weighted by Gasteiger charge is 2.39. The number of ether oxygens (including phenoxy) is 2. The summed E-state index contributed by atoms with van der Waals surface area (Å²) in [6.07, 6.45) is 2.29. The van der Waals surface area contributed by atoms with Gasteiger partial charge in [-0.15, -0.1) is 0 Å². The Hall–Kier alpha value is -3.15. The second-order valence-corrected chi connectivity index (χ2v) is 11.0. The zero-order valence-electron chi connectivity index (χ0n) is 21.6. The molecule has 0 spiro atoms. The maximum Gasteiger partial charge on any atom is 0.410 e. The van der Waals surface area contributed by atoms with Gasteiger partial charge in [-0.2, -0.15) is 10.4 Å². The van der Waals surface area contributed by atoms with Crippen molar-refractivity contribution in [2.24, 2.45) is 0 Å². The number of amides is 1. The van der Waals surface area contributed by atoms with Crippen LogP contribution in [0.2, 0.25) is 5.02 Å². The van der Waals surface area contributed by atoms with Crippen molar-refractivity contribution >= 4 is 28.6 Å². The van der Waals surface area contributed by atoms with E-state index in [4.69, 9.17) is 21.1 Å². The van der Waals surface area contributed by atoms with E-state index in [1.807, 2.05) is 39.8 Å². The average Bonchev–Trinajstić information content (AvgIpc) is 3.24. The number of fused-ring (bicyclic) bond motifs is 1. The van der Waals surface area contributed by atoms with Crippen LogP contribution < -0.4 is 0 Å². The Kier molecular flexibility index (Phi) is 7.77. The number of piperidine rings is 1. The quantitative estimate of drug-likeness (QED) is 0.371. The molecule has 1 aromatic heterocycles. The van der Waals surface area contributed by atoms with E-state index in [1.165, 1.54) is 12.1 Å². The molecule has 1 fully saturated rings. The number of aromatic nitrogens is 2. The molecule has 196 valence electrons. The van der Waals surface area contributed by atoms with E-state index in [2.05, 4.69) is 11.2 Å². The number of nitrogens with zero attached hydrogens (tertiary/aromatic N) is 4. The van der Waals surface area contributed by atoms with Crippen molar-refractivity contribution in [2.75, 3.05) is 19.7 Å². The Bertz CT molecular complexity index is 1300. The number of carbonyl (C=O) groups is 1. The van der Waals surface area contributed by atoms with E-state index in [0.717, 1.165) is 22.0 Å². The highest BCUT2D eigenvalue weighted by molar-refractivity contribution is 6.31. The molecule has 1 atom stereocenters. The van der Waals surface area contributed by atoms with E-state index >= 15 is 0 Å². The summed E-state index contributed by atoms with van der Waals surface area (Å²) in [6, 6.07) is 12.3.